The molecule has 19 heavy (non-hydrogen) atoms. The second kappa shape index (κ2) is 6.47. The number of nitrogen functional groups attached to an aromatic ring is 1. The highest BCUT2D eigenvalue weighted by Gasteiger charge is 2.17. The van der Waals surface area contributed by atoms with E-state index in [1.165, 1.54) is 11.3 Å². The Morgan fingerprint density at radius 2 is 2.26 bits per heavy atom. The number of hydrogen-bond donors (Lipinski definition) is 2. The van der Waals surface area contributed by atoms with Gasteiger partial charge in [0.1, 0.15) is 0 Å². The standard InChI is InChI=1S/C14H16N2O2S/c1-2-3-8-18-9-11-10-6-4-5-7-12(10)19-13(11)14(17)16-15/h2-7H,8-9,15H2,1H3,(H,16,17)/b3-2+. The van der Waals surface area contributed by atoms with E-state index < -0.39 is 0 Å². The minimum Gasteiger partial charge on any atom is -0.373 e. The van der Waals surface area contributed by atoms with Gasteiger partial charge in [-0.3, -0.25) is 10.2 Å². The van der Waals surface area contributed by atoms with Gasteiger partial charge in [0.2, 0.25) is 0 Å². The zero-order valence-electron chi connectivity index (χ0n) is 10.7. The Labute approximate surface area is 115 Å². The van der Waals surface area contributed by atoms with Gasteiger partial charge in [0.05, 0.1) is 18.1 Å². The van der Waals surface area contributed by atoms with Crippen LogP contribution in [0.15, 0.2) is 36.4 Å². The summed E-state index contributed by atoms with van der Waals surface area (Å²) in [6, 6.07) is 7.89. The summed E-state index contributed by atoms with van der Waals surface area (Å²) < 4.78 is 6.62. The Balaban J connectivity index is 2.34. The molecule has 2 rings (SSSR count). The maximum atomic E-state index is 11.8. The molecule has 0 atom stereocenters. The summed E-state index contributed by atoms with van der Waals surface area (Å²) in [6.45, 7) is 2.87. The Hall–Kier alpha value is -1.69. The summed E-state index contributed by atoms with van der Waals surface area (Å²) in [6.07, 6.45) is 3.86. The van der Waals surface area contributed by atoms with E-state index in [1.807, 2.05) is 43.3 Å². The number of hydrogen-bond acceptors (Lipinski definition) is 4. The molecule has 4 nitrogen and oxygen atoms in total. The molecular formula is C14H16N2O2S. The van der Waals surface area contributed by atoms with Crippen LogP contribution in [0.1, 0.15) is 22.2 Å². The Bertz CT molecular complexity index is 605. The largest absolute Gasteiger partial charge is 0.373 e. The SMILES string of the molecule is C/C=C/COCc1c(C(=O)NN)sc2ccccc12. The molecule has 0 aliphatic carbocycles. The van der Waals surface area contributed by atoms with Gasteiger partial charge >= 0.3 is 0 Å². The highest BCUT2D eigenvalue weighted by molar-refractivity contribution is 7.21. The molecule has 1 aromatic heterocycles. The molecule has 0 spiro atoms. The predicted octanol–water partition coefficient (Wildman–Crippen LogP) is 2.60. The summed E-state index contributed by atoms with van der Waals surface area (Å²) in [5, 5.41) is 1.05. The van der Waals surface area contributed by atoms with Crippen LogP contribution in [0.25, 0.3) is 10.1 Å². The third-order valence-corrected chi connectivity index (χ3v) is 3.94. The van der Waals surface area contributed by atoms with Crippen molar-refractivity contribution in [2.45, 2.75) is 13.5 Å². The molecule has 1 aromatic carbocycles. The molecule has 0 fully saturated rings. The topological polar surface area (TPSA) is 64.3 Å². The van der Waals surface area contributed by atoms with Crippen molar-refractivity contribution in [3.8, 4) is 0 Å². The molecule has 0 radical (unpaired) electrons. The first-order valence-corrected chi connectivity index (χ1v) is 6.79. The van der Waals surface area contributed by atoms with Gasteiger partial charge in [-0.05, 0) is 18.4 Å². The minimum atomic E-state index is -0.272. The zero-order valence-corrected chi connectivity index (χ0v) is 11.5. The maximum absolute atomic E-state index is 11.8. The van der Waals surface area contributed by atoms with Gasteiger partial charge < -0.3 is 4.74 Å². The van der Waals surface area contributed by atoms with Crippen molar-refractivity contribution in [3.05, 3.63) is 46.9 Å². The number of carbonyl (C=O) groups is 1. The Kier molecular flexibility index (Phi) is 4.68. The van der Waals surface area contributed by atoms with Crippen LogP contribution >= 0.6 is 11.3 Å². The van der Waals surface area contributed by atoms with Crippen LogP contribution in [-0.4, -0.2) is 12.5 Å². The Morgan fingerprint density at radius 1 is 1.47 bits per heavy atom. The van der Waals surface area contributed by atoms with E-state index in [2.05, 4.69) is 5.43 Å². The lowest BCUT2D eigenvalue weighted by atomic mass is 10.1. The van der Waals surface area contributed by atoms with Crippen molar-refractivity contribution in [1.29, 1.82) is 0 Å². The third kappa shape index (κ3) is 3.01. The van der Waals surface area contributed by atoms with Crippen LogP contribution in [-0.2, 0) is 11.3 Å². The summed E-state index contributed by atoms with van der Waals surface area (Å²) >= 11 is 1.43. The fraction of sp³-hybridized carbons (Fsp3) is 0.214. The van der Waals surface area contributed by atoms with E-state index in [-0.39, 0.29) is 5.91 Å². The second-order valence-electron chi connectivity index (χ2n) is 3.96. The normalized spacial score (nSPS) is 11.3. The number of fused-ring (bicyclic) bond motifs is 1. The molecule has 1 amide bonds. The van der Waals surface area contributed by atoms with Gasteiger partial charge in [0, 0.05) is 10.3 Å². The third-order valence-electron chi connectivity index (χ3n) is 2.73. The molecule has 0 aliphatic rings. The molecule has 3 N–H and O–H groups in total. The van der Waals surface area contributed by atoms with Gasteiger partial charge in [-0.25, -0.2) is 5.84 Å². The molecule has 0 saturated carbocycles. The second-order valence-corrected chi connectivity index (χ2v) is 5.02. The predicted molar refractivity (Wildman–Crippen MR) is 77.9 cm³/mol. The van der Waals surface area contributed by atoms with Crippen LogP contribution in [0.2, 0.25) is 0 Å². The number of ether oxygens (including phenoxy) is 1. The van der Waals surface area contributed by atoms with Gasteiger partial charge in [0.25, 0.3) is 5.91 Å². The van der Waals surface area contributed by atoms with Gasteiger partial charge in [-0.2, -0.15) is 0 Å². The molecule has 2 aromatic rings. The number of nitrogens with two attached hydrogens (primary N) is 1. The Morgan fingerprint density at radius 3 is 3.00 bits per heavy atom. The summed E-state index contributed by atoms with van der Waals surface area (Å²) in [7, 11) is 0. The first-order valence-electron chi connectivity index (χ1n) is 5.98. The zero-order chi connectivity index (χ0) is 13.7. The van der Waals surface area contributed by atoms with Crippen molar-refractivity contribution >= 4 is 27.3 Å². The number of rotatable bonds is 5. The number of thiophene rings is 1. The molecule has 0 bridgehead atoms. The fourth-order valence-corrected chi connectivity index (χ4v) is 2.93. The van der Waals surface area contributed by atoms with Crippen molar-refractivity contribution < 1.29 is 9.53 Å². The summed E-state index contributed by atoms with van der Waals surface area (Å²) in [4.78, 5) is 12.4. The summed E-state index contributed by atoms with van der Waals surface area (Å²) in [5.74, 6) is 4.95. The van der Waals surface area contributed by atoms with Crippen molar-refractivity contribution in [1.82, 2.24) is 5.43 Å². The van der Waals surface area contributed by atoms with Crippen LogP contribution < -0.4 is 11.3 Å². The van der Waals surface area contributed by atoms with E-state index in [0.717, 1.165) is 15.6 Å². The van der Waals surface area contributed by atoms with E-state index in [1.54, 1.807) is 0 Å². The number of benzene rings is 1. The number of hydrazine groups is 1. The number of carbonyl (C=O) groups excluding carboxylic acids is 1. The lowest BCUT2D eigenvalue weighted by Gasteiger charge is -2.04. The van der Waals surface area contributed by atoms with Gasteiger partial charge in [-0.1, -0.05) is 30.4 Å². The molecule has 100 valence electrons. The van der Waals surface area contributed by atoms with E-state index in [4.69, 9.17) is 10.6 Å². The fourth-order valence-electron chi connectivity index (χ4n) is 1.82. The monoisotopic (exact) mass is 276 g/mol. The lowest BCUT2D eigenvalue weighted by Crippen LogP contribution is -2.30. The van der Waals surface area contributed by atoms with Crippen molar-refractivity contribution in [2.24, 2.45) is 5.84 Å². The van der Waals surface area contributed by atoms with E-state index in [0.29, 0.717) is 18.1 Å². The van der Waals surface area contributed by atoms with Crippen LogP contribution in [0, 0.1) is 0 Å². The van der Waals surface area contributed by atoms with Gasteiger partial charge in [0.15, 0.2) is 0 Å². The lowest BCUT2D eigenvalue weighted by molar-refractivity contribution is 0.0951. The first-order chi connectivity index (χ1) is 9.27. The number of amides is 1. The smallest absolute Gasteiger partial charge is 0.275 e. The van der Waals surface area contributed by atoms with Gasteiger partial charge in [-0.15, -0.1) is 11.3 Å². The molecule has 1 heterocycles. The average Bonchev–Trinajstić information content (AvgIpc) is 2.81. The molecular weight excluding hydrogens is 260 g/mol. The maximum Gasteiger partial charge on any atom is 0.275 e. The first kappa shape index (κ1) is 13.7. The number of allylic oxidation sites excluding steroid dienone is 1. The van der Waals surface area contributed by atoms with Crippen LogP contribution in [0.3, 0.4) is 0 Å². The number of nitrogens with one attached hydrogen (secondary N) is 1. The quantitative estimate of drug-likeness (QED) is 0.290. The molecule has 0 unspecified atom stereocenters. The van der Waals surface area contributed by atoms with Crippen molar-refractivity contribution in [2.75, 3.05) is 6.61 Å². The highest BCUT2D eigenvalue weighted by atomic mass is 32.1. The molecule has 0 saturated heterocycles. The average molecular weight is 276 g/mol. The minimum absolute atomic E-state index is 0.272. The summed E-state index contributed by atoms with van der Waals surface area (Å²) in [5.41, 5.74) is 3.08. The molecule has 0 aliphatic heterocycles. The van der Waals surface area contributed by atoms with Crippen LogP contribution in [0.5, 0.6) is 0 Å². The van der Waals surface area contributed by atoms with Crippen LogP contribution in [0.4, 0.5) is 0 Å². The van der Waals surface area contributed by atoms with E-state index >= 15 is 0 Å². The van der Waals surface area contributed by atoms with Crippen molar-refractivity contribution in [3.63, 3.8) is 0 Å². The van der Waals surface area contributed by atoms with E-state index in [9.17, 15) is 4.79 Å². The highest BCUT2D eigenvalue weighted by Crippen LogP contribution is 2.31. The molecule has 5 heteroatoms.